The van der Waals surface area contributed by atoms with Gasteiger partial charge in [0.05, 0.1) is 12.7 Å². The van der Waals surface area contributed by atoms with Crippen molar-refractivity contribution < 1.29 is 14.6 Å². The van der Waals surface area contributed by atoms with Crippen molar-refractivity contribution in [3.63, 3.8) is 0 Å². The predicted octanol–water partition coefficient (Wildman–Crippen LogP) is 2.37. The summed E-state index contributed by atoms with van der Waals surface area (Å²) in [5.74, 6) is 1.23. The predicted molar refractivity (Wildman–Crippen MR) is 77.9 cm³/mol. The van der Waals surface area contributed by atoms with Crippen LogP contribution in [0.1, 0.15) is 43.0 Å². The molecule has 1 aromatic rings. The number of hydrogen-bond acceptors (Lipinski definition) is 3. The van der Waals surface area contributed by atoms with Gasteiger partial charge in [-0.25, -0.2) is 0 Å². The maximum absolute atomic E-state index is 12.0. The van der Waals surface area contributed by atoms with Gasteiger partial charge in [0, 0.05) is 12.1 Å². The maximum atomic E-state index is 12.0. The van der Waals surface area contributed by atoms with E-state index >= 15 is 0 Å². The lowest BCUT2D eigenvalue weighted by molar-refractivity contribution is 0.0910. The highest BCUT2D eigenvalue weighted by atomic mass is 16.5. The van der Waals surface area contributed by atoms with Crippen LogP contribution in [0.4, 0.5) is 0 Å². The van der Waals surface area contributed by atoms with Crippen LogP contribution < -0.4 is 10.1 Å². The maximum Gasteiger partial charge on any atom is 0.251 e. The summed E-state index contributed by atoms with van der Waals surface area (Å²) in [7, 11) is 0. The molecule has 4 heteroatoms. The second-order valence-corrected chi connectivity index (χ2v) is 5.34. The smallest absolute Gasteiger partial charge is 0.251 e. The molecule has 0 aliphatic heterocycles. The first-order chi connectivity index (χ1) is 9.69. The second kappa shape index (κ2) is 7.29. The van der Waals surface area contributed by atoms with Crippen molar-refractivity contribution >= 4 is 5.91 Å². The summed E-state index contributed by atoms with van der Waals surface area (Å²) >= 11 is 0. The van der Waals surface area contributed by atoms with Crippen molar-refractivity contribution in [3.05, 3.63) is 29.8 Å². The Hall–Kier alpha value is -1.55. The van der Waals surface area contributed by atoms with E-state index < -0.39 is 0 Å². The van der Waals surface area contributed by atoms with E-state index in [0.29, 0.717) is 24.6 Å². The zero-order chi connectivity index (χ0) is 14.4. The molecule has 110 valence electrons. The fourth-order valence-electron chi connectivity index (χ4n) is 2.56. The number of amides is 1. The number of carbonyl (C=O) groups is 1. The van der Waals surface area contributed by atoms with E-state index in [0.717, 1.165) is 31.4 Å². The minimum absolute atomic E-state index is 0.0424. The number of rotatable bonds is 5. The Bertz CT molecular complexity index is 422. The third kappa shape index (κ3) is 4.23. The van der Waals surface area contributed by atoms with Gasteiger partial charge in [0.2, 0.25) is 0 Å². The zero-order valence-electron chi connectivity index (χ0n) is 12.0. The molecule has 2 rings (SSSR count). The van der Waals surface area contributed by atoms with Crippen LogP contribution in [0.3, 0.4) is 0 Å². The average Bonchev–Trinajstić information content (AvgIpc) is 2.47. The number of nitrogens with one attached hydrogen (secondary N) is 1. The fourth-order valence-corrected chi connectivity index (χ4v) is 2.56. The Balaban J connectivity index is 1.79. The van der Waals surface area contributed by atoms with E-state index in [1.807, 2.05) is 19.1 Å². The molecule has 20 heavy (non-hydrogen) atoms. The molecule has 0 atom stereocenters. The van der Waals surface area contributed by atoms with Crippen molar-refractivity contribution in [1.29, 1.82) is 0 Å². The highest BCUT2D eigenvalue weighted by Crippen LogP contribution is 2.23. The Labute approximate surface area is 120 Å². The molecular formula is C16H23NO3. The fraction of sp³-hybridized carbons (Fsp3) is 0.562. The third-order valence-corrected chi connectivity index (χ3v) is 3.80. The molecule has 2 N–H and O–H groups in total. The van der Waals surface area contributed by atoms with E-state index in [-0.39, 0.29) is 12.0 Å². The molecule has 0 heterocycles. The molecule has 0 aromatic heterocycles. The molecule has 1 saturated carbocycles. The molecule has 0 saturated heterocycles. The van der Waals surface area contributed by atoms with Crippen LogP contribution >= 0.6 is 0 Å². The molecule has 1 amide bonds. The molecule has 0 bridgehead atoms. The van der Waals surface area contributed by atoms with Gasteiger partial charge in [0.25, 0.3) is 5.91 Å². The minimum Gasteiger partial charge on any atom is -0.494 e. The van der Waals surface area contributed by atoms with Crippen LogP contribution in [-0.4, -0.2) is 30.3 Å². The topological polar surface area (TPSA) is 58.6 Å². The third-order valence-electron chi connectivity index (χ3n) is 3.80. The van der Waals surface area contributed by atoms with Crippen LogP contribution in [0.5, 0.6) is 5.75 Å². The Morgan fingerprint density at radius 3 is 2.50 bits per heavy atom. The minimum atomic E-state index is -0.145. The number of carbonyl (C=O) groups excluding carboxylic acids is 1. The molecule has 0 radical (unpaired) electrons. The van der Waals surface area contributed by atoms with E-state index in [4.69, 9.17) is 4.74 Å². The Morgan fingerprint density at radius 1 is 1.25 bits per heavy atom. The molecule has 0 spiro atoms. The van der Waals surface area contributed by atoms with E-state index in [1.54, 1.807) is 12.1 Å². The first-order valence-corrected chi connectivity index (χ1v) is 7.38. The molecular weight excluding hydrogens is 254 g/mol. The quantitative estimate of drug-likeness (QED) is 0.868. The van der Waals surface area contributed by atoms with Crippen LogP contribution in [0.2, 0.25) is 0 Å². The summed E-state index contributed by atoms with van der Waals surface area (Å²) in [6, 6.07) is 7.20. The number of benzene rings is 1. The summed E-state index contributed by atoms with van der Waals surface area (Å²) in [5.41, 5.74) is 0.657. The zero-order valence-corrected chi connectivity index (χ0v) is 12.0. The number of ether oxygens (including phenoxy) is 1. The van der Waals surface area contributed by atoms with Crippen LogP contribution in [0.25, 0.3) is 0 Å². The molecule has 1 aliphatic carbocycles. The first-order valence-electron chi connectivity index (χ1n) is 7.38. The average molecular weight is 277 g/mol. The van der Waals surface area contributed by atoms with Gasteiger partial charge in [-0.05, 0) is 62.8 Å². The number of hydrogen-bond donors (Lipinski definition) is 2. The lowest BCUT2D eigenvalue weighted by atomic mass is 9.87. The molecule has 4 nitrogen and oxygen atoms in total. The summed E-state index contributed by atoms with van der Waals surface area (Å²) in [6.07, 6.45) is 3.54. The molecule has 1 aromatic carbocycles. The SMILES string of the molecule is CCOc1ccc(C(=O)NCC2CCC(O)CC2)cc1. The first kappa shape index (κ1) is 14.9. The van der Waals surface area contributed by atoms with Gasteiger partial charge in [0.1, 0.15) is 5.75 Å². The van der Waals surface area contributed by atoms with E-state index in [2.05, 4.69) is 5.32 Å². The molecule has 1 fully saturated rings. The largest absolute Gasteiger partial charge is 0.494 e. The highest BCUT2D eigenvalue weighted by molar-refractivity contribution is 5.94. The van der Waals surface area contributed by atoms with Crippen molar-refractivity contribution in [2.24, 2.45) is 5.92 Å². The van der Waals surface area contributed by atoms with Gasteiger partial charge in [-0.2, -0.15) is 0 Å². The summed E-state index contributed by atoms with van der Waals surface area (Å²) in [6.45, 7) is 3.25. The van der Waals surface area contributed by atoms with Gasteiger partial charge in [0.15, 0.2) is 0 Å². The Kier molecular flexibility index (Phi) is 5.41. The Morgan fingerprint density at radius 2 is 1.90 bits per heavy atom. The highest BCUT2D eigenvalue weighted by Gasteiger charge is 2.19. The van der Waals surface area contributed by atoms with Crippen molar-refractivity contribution in [3.8, 4) is 5.75 Å². The van der Waals surface area contributed by atoms with Gasteiger partial charge in [-0.15, -0.1) is 0 Å². The normalized spacial score (nSPS) is 22.3. The molecule has 0 unspecified atom stereocenters. The summed E-state index contributed by atoms with van der Waals surface area (Å²) < 4.78 is 5.35. The van der Waals surface area contributed by atoms with Crippen molar-refractivity contribution in [2.45, 2.75) is 38.7 Å². The van der Waals surface area contributed by atoms with Crippen LogP contribution in [0, 0.1) is 5.92 Å². The number of aliphatic hydroxyl groups is 1. The van der Waals surface area contributed by atoms with Crippen LogP contribution in [0.15, 0.2) is 24.3 Å². The van der Waals surface area contributed by atoms with E-state index in [1.165, 1.54) is 0 Å². The standard InChI is InChI=1S/C16H23NO3/c1-2-20-15-9-5-13(6-10-15)16(19)17-11-12-3-7-14(18)8-4-12/h5-6,9-10,12,14,18H,2-4,7-8,11H2,1H3,(H,17,19). The van der Waals surface area contributed by atoms with Crippen LogP contribution in [-0.2, 0) is 0 Å². The van der Waals surface area contributed by atoms with Gasteiger partial charge >= 0.3 is 0 Å². The van der Waals surface area contributed by atoms with Gasteiger partial charge < -0.3 is 15.2 Å². The summed E-state index contributed by atoms with van der Waals surface area (Å²) in [5, 5.41) is 12.4. The van der Waals surface area contributed by atoms with Gasteiger partial charge in [-0.3, -0.25) is 4.79 Å². The lowest BCUT2D eigenvalue weighted by Gasteiger charge is -2.25. The number of aliphatic hydroxyl groups excluding tert-OH is 1. The van der Waals surface area contributed by atoms with Crippen molar-refractivity contribution in [1.82, 2.24) is 5.32 Å². The second-order valence-electron chi connectivity index (χ2n) is 5.34. The van der Waals surface area contributed by atoms with E-state index in [9.17, 15) is 9.90 Å². The lowest BCUT2D eigenvalue weighted by Crippen LogP contribution is -2.32. The monoisotopic (exact) mass is 277 g/mol. The van der Waals surface area contributed by atoms with Gasteiger partial charge in [-0.1, -0.05) is 0 Å². The summed E-state index contributed by atoms with van der Waals surface area (Å²) in [4.78, 5) is 12.0. The molecule has 1 aliphatic rings. The van der Waals surface area contributed by atoms with Crippen molar-refractivity contribution in [2.75, 3.05) is 13.2 Å².